The van der Waals surface area contributed by atoms with Gasteiger partial charge in [-0.05, 0) is 12.2 Å². The van der Waals surface area contributed by atoms with E-state index in [2.05, 4.69) is 0 Å². The number of hydrogen-bond donors (Lipinski definition) is 1. The third kappa shape index (κ3) is 4.00. The molecule has 0 aliphatic carbocycles. The summed E-state index contributed by atoms with van der Waals surface area (Å²) in [6.07, 6.45) is 0.446. The van der Waals surface area contributed by atoms with Crippen LogP contribution >= 0.6 is 0 Å². The summed E-state index contributed by atoms with van der Waals surface area (Å²) >= 11 is 0. The highest BCUT2D eigenvalue weighted by atomic mass is 16.6. The van der Waals surface area contributed by atoms with Crippen molar-refractivity contribution >= 4 is 11.9 Å². The molecule has 0 aromatic rings. The Hall–Kier alpha value is -1.40. The number of carbonyl (C=O) groups is 2. The van der Waals surface area contributed by atoms with Crippen molar-refractivity contribution in [2.24, 2.45) is 0 Å². The first-order valence-corrected chi connectivity index (χ1v) is 4.81. The molecular weight excluding hydrogens is 216 g/mol. The average molecular weight is 230 g/mol. The highest BCUT2D eigenvalue weighted by Crippen LogP contribution is 2.15. The molecular formula is C10H14O6. The number of aliphatic hydroxyl groups is 1. The fraction of sp³-hybridized carbons (Fsp3) is 0.600. The largest absolute Gasteiger partial charge is 0.463 e. The van der Waals surface area contributed by atoms with Gasteiger partial charge >= 0.3 is 11.9 Å². The Morgan fingerprint density at radius 2 is 2.00 bits per heavy atom. The third-order valence-corrected chi connectivity index (χ3v) is 1.90. The zero-order chi connectivity index (χ0) is 12.1. The Morgan fingerprint density at radius 3 is 2.56 bits per heavy atom. The Kier molecular flexibility index (Phi) is 4.45. The Labute approximate surface area is 92.8 Å². The minimum Gasteiger partial charge on any atom is -0.463 e. The molecule has 0 aromatic carbocycles. The van der Waals surface area contributed by atoms with E-state index in [1.54, 1.807) is 0 Å². The second kappa shape index (κ2) is 5.62. The molecule has 1 N–H and O–H groups in total. The summed E-state index contributed by atoms with van der Waals surface area (Å²) in [5, 5.41) is 9.21. The van der Waals surface area contributed by atoms with Crippen LogP contribution in [0.2, 0.25) is 0 Å². The number of rotatable bonds is 3. The van der Waals surface area contributed by atoms with E-state index in [9.17, 15) is 14.7 Å². The van der Waals surface area contributed by atoms with Crippen LogP contribution in [-0.2, 0) is 23.8 Å². The molecule has 90 valence electrons. The van der Waals surface area contributed by atoms with Crippen LogP contribution in [0.3, 0.4) is 0 Å². The van der Waals surface area contributed by atoms with E-state index in [4.69, 9.17) is 14.2 Å². The lowest BCUT2D eigenvalue weighted by Crippen LogP contribution is -2.41. The van der Waals surface area contributed by atoms with E-state index >= 15 is 0 Å². The monoisotopic (exact) mass is 230 g/mol. The summed E-state index contributed by atoms with van der Waals surface area (Å²) in [6.45, 7) is 2.45. The van der Waals surface area contributed by atoms with E-state index in [0.29, 0.717) is 0 Å². The maximum atomic E-state index is 10.8. The second-order valence-corrected chi connectivity index (χ2v) is 3.33. The van der Waals surface area contributed by atoms with E-state index < -0.39 is 30.4 Å². The van der Waals surface area contributed by atoms with E-state index in [1.165, 1.54) is 26.0 Å². The maximum Gasteiger partial charge on any atom is 0.303 e. The second-order valence-electron chi connectivity index (χ2n) is 3.33. The summed E-state index contributed by atoms with van der Waals surface area (Å²) in [7, 11) is 0. The molecule has 0 aromatic heterocycles. The molecule has 0 bridgehead atoms. The Morgan fingerprint density at radius 1 is 1.31 bits per heavy atom. The number of ether oxygens (including phenoxy) is 3. The van der Waals surface area contributed by atoms with Crippen LogP contribution in [0.25, 0.3) is 0 Å². The van der Waals surface area contributed by atoms with Crippen LogP contribution in [0, 0.1) is 0 Å². The lowest BCUT2D eigenvalue weighted by atomic mass is 10.1. The van der Waals surface area contributed by atoms with Crippen molar-refractivity contribution < 1.29 is 28.9 Å². The Balaban J connectivity index is 2.58. The van der Waals surface area contributed by atoms with Crippen LogP contribution in [0.4, 0.5) is 0 Å². The summed E-state index contributed by atoms with van der Waals surface area (Å²) in [4.78, 5) is 21.4. The van der Waals surface area contributed by atoms with E-state index in [-0.39, 0.29) is 6.61 Å². The summed E-state index contributed by atoms with van der Waals surface area (Å²) in [5.41, 5.74) is 0. The zero-order valence-corrected chi connectivity index (χ0v) is 9.08. The van der Waals surface area contributed by atoms with Gasteiger partial charge in [0, 0.05) is 13.8 Å². The lowest BCUT2D eigenvalue weighted by molar-refractivity contribution is -0.183. The molecule has 0 amide bonds. The molecule has 0 fully saturated rings. The van der Waals surface area contributed by atoms with Crippen LogP contribution < -0.4 is 0 Å². The highest BCUT2D eigenvalue weighted by Gasteiger charge is 2.29. The molecule has 6 nitrogen and oxygen atoms in total. The molecule has 3 atom stereocenters. The zero-order valence-electron chi connectivity index (χ0n) is 9.08. The summed E-state index contributed by atoms with van der Waals surface area (Å²) < 4.78 is 14.7. The first-order chi connectivity index (χ1) is 7.49. The van der Waals surface area contributed by atoms with Gasteiger partial charge in [-0.15, -0.1) is 0 Å². The van der Waals surface area contributed by atoms with Crippen LogP contribution in [0.5, 0.6) is 0 Å². The molecule has 1 rings (SSSR count). The topological polar surface area (TPSA) is 82.1 Å². The van der Waals surface area contributed by atoms with Gasteiger partial charge in [0.15, 0.2) is 6.29 Å². The smallest absolute Gasteiger partial charge is 0.303 e. The van der Waals surface area contributed by atoms with Crippen LogP contribution in [-0.4, -0.2) is 42.1 Å². The van der Waals surface area contributed by atoms with Crippen molar-refractivity contribution in [3.63, 3.8) is 0 Å². The van der Waals surface area contributed by atoms with Gasteiger partial charge < -0.3 is 19.3 Å². The van der Waals surface area contributed by atoms with Gasteiger partial charge in [-0.2, -0.15) is 0 Å². The van der Waals surface area contributed by atoms with Crippen molar-refractivity contribution in [2.75, 3.05) is 6.61 Å². The molecule has 0 saturated heterocycles. The first kappa shape index (κ1) is 12.7. The van der Waals surface area contributed by atoms with Gasteiger partial charge in [0.05, 0.1) is 0 Å². The van der Waals surface area contributed by atoms with Gasteiger partial charge in [-0.3, -0.25) is 9.59 Å². The van der Waals surface area contributed by atoms with Crippen molar-refractivity contribution in [1.29, 1.82) is 0 Å². The summed E-state index contributed by atoms with van der Waals surface area (Å²) in [6, 6.07) is 0. The number of hydrogen-bond acceptors (Lipinski definition) is 6. The first-order valence-electron chi connectivity index (χ1n) is 4.81. The van der Waals surface area contributed by atoms with E-state index in [1.807, 2.05) is 0 Å². The van der Waals surface area contributed by atoms with Crippen molar-refractivity contribution in [2.45, 2.75) is 32.3 Å². The fourth-order valence-corrected chi connectivity index (χ4v) is 1.27. The normalized spacial score (nSPS) is 28.6. The van der Waals surface area contributed by atoms with Crippen molar-refractivity contribution in [3.8, 4) is 0 Å². The SMILES string of the molecule is CC(=O)OC[C@H]1OC(O)C=C[C@H]1OC(C)=O. The molecule has 0 spiro atoms. The predicted octanol–water partition coefficient (Wildman–Crippen LogP) is -0.245. The Bertz CT molecular complexity index is 298. The molecule has 1 aliphatic rings. The number of aliphatic hydroxyl groups excluding tert-OH is 1. The van der Waals surface area contributed by atoms with Crippen LogP contribution in [0.15, 0.2) is 12.2 Å². The number of esters is 2. The predicted molar refractivity (Wildman–Crippen MR) is 52.2 cm³/mol. The van der Waals surface area contributed by atoms with Crippen molar-refractivity contribution in [3.05, 3.63) is 12.2 Å². The van der Waals surface area contributed by atoms with Crippen LogP contribution in [0.1, 0.15) is 13.8 Å². The molecule has 6 heteroatoms. The molecule has 1 heterocycles. The van der Waals surface area contributed by atoms with Gasteiger partial charge in [0.25, 0.3) is 0 Å². The molecule has 0 saturated carbocycles. The molecule has 0 radical (unpaired) electrons. The standard InChI is InChI=1S/C10H14O6/c1-6(11)14-5-9-8(15-7(2)12)3-4-10(13)16-9/h3-4,8-10,13H,5H2,1-2H3/t8-,9-,10?/m1/s1. The average Bonchev–Trinajstić information content (AvgIpc) is 2.17. The third-order valence-electron chi connectivity index (χ3n) is 1.90. The van der Waals surface area contributed by atoms with Gasteiger partial charge in [0.2, 0.25) is 0 Å². The van der Waals surface area contributed by atoms with Gasteiger partial charge in [-0.25, -0.2) is 0 Å². The number of carbonyl (C=O) groups excluding carboxylic acids is 2. The summed E-state index contributed by atoms with van der Waals surface area (Å²) in [5.74, 6) is -0.934. The molecule has 1 aliphatic heterocycles. The maximum absolute atomic E-state index is 10.8. The van der Waals surface area contributed by atoms with Crippen molar-refractivity contribution in [1.82, 2.24) is 0 Å². The van der Waals surface area contributed by atoms with Gasteiger partial charge in [-0.1, -0.05) is 0 Å². The minimum atomic E-state index is -1.08. The quantitative estimate of drug-likeness (QED) is 0.532. The molecule has 1 unspecified atom stereocenters. The highest BCUT2D eigenvalue weighted by molar-refractivity contribution is 5.66. The minimum absolute atomic E-state index is 0.0747. The lowest BCUT2D eigenvalue weighted by Gasteiger charge is -2.29. The van der Waals surface area contributed by atoms with Gasteiger partial charge in [0.1, 0.15) is 18.8 Å². The fourth-order valence-electron chi connectivity index (χ4n) is 1.27. The van der Waals surface area contributed by atoms with E-state index in [0.717, 1.165) is 0 Å². The molecule has 16 heavy (non-hydrogen) atoms.